The Kier molecular flexibility index (Phi) is 5.85. The number of rotatable bonds is 6. The van der Waals surface area contributed by atoms with E-state index in [0.29, 0.717) is 17.1 Å². The summed E-state index contributed by atoms with van der Waals surface area (Å²) in [6.07, 6.45) is 3.78. The molecule has 162 valence electrons. The van der Waals surface area contributed by atoms with Crippen molar-refractivity contribution in [2.45, 2.75) is 37.8 Å². The number of benzene rings is 1. The summed E-state index contributed by atoms with van der Waals surface area (Å²) in [5, 5.41) is 7.09. The number of fused-ring (bicyclic) bond motifs is 1. The monoisotopic (exact) mass is 424 g/mol. The molecule has 1 aromatic carbocycles. The zero-order chi connectivity index (χ0) is 22.0. The molecule has 2 aromatic heterocycles. The molecule has 1 amide bonds. The zero-order valence-corrected chi connectivity index (χ0v) is 17.2. The van der Waals surface area contributed by atoms with Gasteiger partial charge in [0.15, 0.2) is 11.6 Å². The minimum atomic E-state index is -0.782. The second-order valence-electron chi connectivity index (χ2n) is 7.66. The van der Waals surface area contributed by atoms with Gasteiger partial charge >= 0.3 is 0 Å². The molecule has 1 aliphatic carbocycles. The maximum atomic E-state index is 14.7. The molecule has 0 spiro atoms. The zero-order valence-electron chi connectivity index (χ0n) is 17.2. The van der Waals surface area contributed by atoms with Crippen molar-refractivity contribution >= 4 is 34.1 Å². The van der Waals surface area contributed by atoms with E-state index in [2.05, 4.69) is 20.6 Å². The summed E-state index contributed by atoms with van der Waals surface area (Å²) in [5.41, 5.74) is 12.9. The maximum absolute atomic E-state index is 14.7. The third-order valence-corrected chi connectivity index (χ3v) is 5.52. The molecule has 3 aromatic rings. The SMILES string of the molecule is COc1ccc2ccc(Nc3nc(NC4CCCC[C@@H]4N)c(F)cc3C(N)=O)cc2n1. The van der Waals surface area contributed by atoms with Gasteiger partial charge in [-0.3, -0.25) is 4.79 Å². The highest BCUT2D eigenvalue weighted by molar-refractivity contribution is 5.99. The van der Waals surface area contributed by atoms with Crippen LogP contribution in [0.4, 0.5) is 21.7 Å². The Balaban J connectivity index is 1.67. The van der Waals surface area contributed by atoms with Crippen molar-refractivity contribution in [2.75, 3.05) is 17.7 Å². The van der Waals surface area contributed by atoms with E-state index in [0.717, 1.165) is 37.1 Å². The fourth-order valence-electron chi connectivity index (χ4n) is 3.81. The molecule has 31 heavy (non-hydrogen) atoms. The second kappa shape index (κ2) is 8.73. The molecule has 1 unspecified atom stereocenters. The number of anilines is 3. The van der Waals surface area contributed by atoms with Gasteiger partial charge in [-0.1, -0.05) is 18.9 Å². The Morgan fingerprint density at radius 3 is 2.65 bits per heavy atom. The van der Waals surface area contributed by atoms with Gasteiger partial charge in [-0.2, -0.15) is 0 Å². The molecular formula is C22H25FN6O2. The fourth-order valence-corrected chi connectivity index (χ4v) is 3.81. The second-order valence-corrected chi connectivity index (χ2v) is 7.66. The first-order valence-corrected chi connectivity index (χ1v) is 10.2. The normalized spacial score (nSPS) is 18.5. The quantitative estimate of drug-likeness (QED) is 0.478. The number of pyridine rings is 2. The molecule has 8 nitrogen and oxygen atoms in total. The van der Waals surface area contributed by atoms with Crippen LogP contribution in [0.25, 0.3) is 10.9 Å². The van der Waals surface area contributed by atoms with E-state index in [-0.39, 0.29) is 29.3 Å². The molecule has 0 radical (unpaired) electrons. The highest BCUT2D eigenvalue weighted by atomic mass is 19.1. The first kappa shape index (κ1) is 20.8. The van der Waals surface area contributed by atoms with E-state index in [4.69, 9.17) is 16.2 Å². The van der Waals surface area contributed by atoms with Gasteiger partial charge < -0.3 is 26.8 Å². The van der Waals surface area contributed by atoms with Crippen molar-refractivity contribution in [3.63, 3.8) is 0 Å². The van der Waals surface area contributed by atoms with Crippen molar-refractivity contribution in [1.82, 2.24) is 9.97 Å². The van der Waals surface area contributed by atoms with Crippen LogP contribution in [0, 0.1) is 5.82 Å². The van der Waals surface area contributed by atoms with Crippen LogP contribution < -0.4 is 26.8 Å². The number of ether oxygens (including phenoxy) is 1. The predicted molar refractivity (Wildman–Crippen MR) is 118 cm³/mol. The summed E-state index contributed by atoms with van der Waals surface area (Å²) in [7, 11) is 1.55. The molecule has 0 saturated heterocycles. The highest BCUT2D eigenvalue weighted by Crippen LogP contribution is 2.28. The molecule has 1 saturated carbocycles. The number of amides is 1. The van der Waals surface area contributed by atoms with Crippen LogP contribution in [0.1, 0.15) is 36.0 Å². The van der Waals surface area contributed by atoms with Crippen LogP contribution in [0.3, 0.4) is 0 Å². The number of primary amides is 1. The summed E-state index contributed by atoms with van der Waals surface area (Å²) < 4.78 is 19.9. The molecule has 2 atom stereocenters. The topological polar surface area (TPSA) is 128 Å². The predicted octanol–water partition coefficient (Wildman–Crippen LogP) is 3.30. The highest BCUT2D eigenvalue weighted by Gasteiger charge is 2.24. The van der Waals surface area contributed by atoms with Gasteiger partial charge in [-0.15, -0.1) is 0 Å². The number of carbonyl (C=O) groups is 1. The summed E-state index contributed by atoms with van der Waals surface area (Å²) in [6.45, 7) is 0. The number of nitrogens with one attached hydrogen (secondary N) is 2. The van der Waals surface area contributed by atoms with E-state index in [1.165, 1.54) is 0 Å². The molecule has 1 aliphatic rings. The molecule has 4 rings (SSSR count). The van der Waals surface area contributed by atoms with E-state index in [1.807, 2.05) is 18.2 Å². The van der Waals surface area contributed by atoms with Crippen molar-refractivity contribution in [2.24, 2.45) is 11.5 Å². The Hall–Kier alpha value is -3.46. The first-order chi connectivity index (χ1) is 14.9. The summed E-state index contributed by atoms with van der Waals surface area (Å²) in [6, 6.07) is 10.1. The van der Waals surface area contributed by atoms with E-state index >= 15 is 0 Å². The molecule has 6 N–H and O–H groups in total. The molecular weight excluding hydrogens is 399 g/mol. The van der Waals surface area contributed by atoms with Crippen LogP contribution in [-0.2, 0) is 0 Å². The van der Waals surface area contributed by atoms with Crippen LogP contribution in [0.2, 0.25) is 0 Å². The number of halogens is 1. The lowest BCUT2D eigenvalue weighted by Crippen LogP contribution is -2.43. The minimum absolute atomic E-state index is 0.0374. The third kappa shape index (κ3) is 4.51. The standard InChI is InChI=1S/C22H25FN6O2/c1-31-19-9-7-12-6-8-13(10-18(12)27-19)26-21-14(20(25)30)11-15(23)22(29-21)28-17-5-3-2-4-16(17)24/h6-11,16-17H,2-5,24H2,1H3,(H2,25,30)(H2,26,28,29)/t16-,17?/m0/s1. The average Bonchev–Trinajstić information content (AvgIpc) is 2.76. The number of nitrogens with two attached hydrogens (primary N) is 2. The lowest BCUT2D eigenvalue weighted by atomic mass is 9.91. The Morgan fingerprint density at radius 1 is 1.13 bits per heavy atom. The van der Waals surface area contributed by atoms with Gasteiger partial charge in [0.25, 0.3) is 5.91 Å². The van der Waals surface area contributed by atoms with Gasteiger partial charge in [-0.25, -0.2) is 14.4 Å². The van der Waals surface area contributed by atoms with Crippen LogP contribution in [0.15, 0.2) is 36.4 Å². The molecule has 1 fully saturated rings. The Bertz CT molecular complexity index is 1120. The number of carbonyl (C=O) groups excluding carboxylic acids is 1. The molecule has 0 bridgehead atoms. The van der Waals surface area contributed by atoms with Gasteiger partial charge in [0.2, 0.25) is 5.88 Å². The number of aromatic nitrogens is 2. The minimum Gasteiger partial charge on any atom is -0.481 e. The third-order valence-electron chi connectivity index (χ3n) is 5.52. The molecule has 2 heterocycles. The molecule has 0 aliphatic heterocycles. The number of nitrogens with zero attached hydrogens (tertiary/aromatic N) is 2. The van der Waals surface area contributed by atoms with Crippen molar-refractivity contribution in [3.8, 4) is 5.88 Å². The number of methoxy groups -OCH3 is 1. The van der Waals surface area contributed by atoms with Crippen molar-refractivity contribution in [3.05, 3.63) is 47.8 Å². The smallest absolute Gasteiger partial charge is 0.252 e. The summed E-state index contributed by atoms with van der Waals surface area (Å²) in [4.78, 5) is 20.7. The maximum Gasteiger partial charge on any atom is 0.252 e. The number of hydrogen-bond donors (Lipinski definition) is 4. The average molecular weight is 424 g/mol. The van der Waals surface area contributed by atoms with Crippen LogP contribution >= 0.6 is 0 Å². The van der Waals surface area contributed by atoms with E-state index in [1.54, 1.807) is 19.2 Å². The number of hydrogen-bond acceptors (Lipinski definition) is 7. The fraction of sp³-hybridized carbons (Fsp3) is 0.318. The van der Waals surface area contributed by atoms with Crippen molar-refractivity contribution in [1.29, 1.82) is 0 Å². The van der Waals surface area contributed by atoms with E-state index in [9.17, 15) is 9.18 Å². The van der Waals surface area contributed by atoms with E-state index < -0.39 is 11.7 Å². The van der Waals surface area contributed by atoms with Crippen molar-refractivity contribution < 1.29 is 13.9 Å². The Morgan fingerprint density at radius 2 is 1.90 bits per heavy atom. The summed E-state index contributed by atoms with van der Waals surface area (Å²) in [5.74, 6) is -0.756. The summed E-state index contributed by atoms with van der Waals surface area (Å²) >= 11 is 0. The molecule has 9 heteroatoms. The van der Waals surface area contributed by atoms with Gasteiger partial charge in [-0.05, 0) is 37.1 Å². The van der Waals surface area contributed by atoms with Crippen LogP contribution in [0.5, 0.6) is 5.88 Å². The Labute approximate surface area is 179 Å². The van der Waals surface area contributed by atoms with Gasteiger partial charge in [0.1, 0.15) is 5.82 Å². The largest absolute Gasteiger partial charge is 0.481 e. The van der Waals surface area contributed by atoms with Gasteiger partial charge in [0, 0.05) is 29.2 Å². The van der Waals surface area contributed by atoms with Crippen LogP contribution in [-0.4, -0.2) is 35.1 Å². The van der Waals surface area contributed by atoms with Gasteiger partial charge in [0.05, 0.1) is 18.2 Å². The first-order valence-electron chi connectivity index (χ1n) is 10.2. The lowest BCUT2D eigenvalue weighted by Gasteiger charge is -2.30. The lowest BCUT2D eigenvalue weighted by molar-refractivity contribution is 0.100.